The van der Waals surface area contributed by atoms with Crippen molar-refractivity contribution in [3.8, 4) is 11.3 Å². The zero-order valence-corrected chi connectivity index (χ0v) is 10.7. The van der Waals surface area contributed by atoms with Gasteiger partial charge in [0.25, 0.3) is 0 Å². The first-order chi connectivity index (χ1) is 7.58. The Morgan fingerprint density at radius 3 is 2.75 bits per heavy atom. The van der Waals surface area contributed by atoms with Gasteiger partial charge in [0, 0.05) is 16.1 Å². The minimum Gasteiger partial charge on any atom is -0.385 e. The molecule has 0 bridgehead atoms. The third kappa shape index (κ3) is 2.18. The molecule has 84 valence electrons. The highest BCUT2D eigenvalue weighted by Gasteiger charge is 2.12. The molecule has 0 aliphatic heterocycles. The van der Waals surface area contributed by atoms with Gasteiger partial charge in [-0.1, -0.05) is 32.7 Å². The van der Waals surface area contributed by atoms with Gasteiger partial charge in [-0.2, -0.15) is 0 Å². The predicted molar refractivity (Wildman–Crippen MR) is 65.0 cm³/mol. The van der Waals surface area contributed by atoms with Crippen molar-refractivity contribution in [3.63, 3.8) is 0 Å². The molecule has 1 atom stereocenters. The number of aliphatic hydroxyl groups excluding tert-OH is 1. The molecule has 0 saturated carbocycles. The van der Waals surface area contributed by atoms with Crippen molar-refractivity contribution in [1.29, 1.82) is 0 Å². The fourth-order valence-corrected chi connectivity index (χ4v) is 1.90. The molecule has 2 aromatic rings. The summed E-state index contributed by atoms with van der Waals surface area (Å²) in [6.45, 7) is 3.67. The van der Waals surface area contributed by atoms with E-state index in [1.807, 2.05) is 25.1 Å². The number of aryl methyl sites for hydroxylation is 1. The Labute approximate surface area is 102 Å². The number of aliphatic hydroxyl groups is 1. The molecule has 0 aliphatic rings. The lowest BCUT2D eigenvalue weighted by Gasteiger charge is -2.01. The zero-order chi connectivity index (χ0) is 11.7. The van der Waals surface area contributed by atoms with Crippen molar-refractivity contribution in [2.45, 2.75) is 20.0 Å². The minimum atomic E-state index is -0.634. The number of hydrogen-bond donors (Lipinski definition) is 1. The van der Waals surface area contributed by atoms with E-state index in [4.69, 9.17) is 4.52 Å². The Bertz CT molecular complexity index is 505. The Balaban J connectivity index is 2.46. The normalized spacial score (nSPS) is 12.8. The zero-order valence-electron chi connectivity index (χ0n) is 9.07. The van der Waals surface area contributed by atoms with Crippen LogP contribution in [0.2, 0.25) is 0 Å². The molecule has 2 rings (SSSR count). The first kappa shape index (κ1) is 11.4. The predicted octanol–water partition coefficient (Wildman–Crippen LogP) is 3.47. The number of rotatable bonds is 2. The van der Waals surface area contributed by atoms with Gasteiger partial charge in [0.2, 0.25) is 0 Å². The van der Waals surface area contributed by atoms with E-state index in [0.717, 1.165) is 21.3 Å². The maximum atomic E-state index is 9.36. The van der Waals surface area contributed by atoms with Gasteiger partial charge < -0.3 is 9.63 Å². The molecular weight excluding hydrogens is 270 g/mol. The van der Waals surface area contributed by atoms with Crippen molar-refractivity contribution in [2.24, 2.45) is 0 Å². The maximum absolute atomic E-state index is 9.36. The van der Waals surface area contributed by atoms with E-state index in [1.165, 1.54) is 0 Å². The Morgan fingerprint density at radius 2 is 2.12 bits per heavy atom. The lowest BCUT2D eigenvalue weighted by Crippen LogP contribution is -1.85. The molecule has 0 spiro atoms. The van der Waals surface area contributed by atoms with Crippen molar-refractivity contribution in [1.82, 2.24) is 5.16 Å². The second kappa shape index (κ2) is 4.39. The molecule has 1 aromatic carbocycles. The molecule has 4 heteroatoms. The van der Waals surface area contributed by atoms with E-state index in [0.29, 0.717) is 5.76 Å². The van der Waals surface area contributed by atoms with Crippen molar-refractivity contribution < 1.29 is 9.63 Å². The smallest absolute Gasteiger partial charge is 0.165 e. The van der Waals surface area contributed by atoms with Gasteiger partial charge >= 0.3 is 0 Å². The van der Waals surface area contributed by atoms with Gasteiger partial charge in [0.05, 0.1) is 0 Å². The molecule has 0 radical (unpaired) electrons. The van der Waals surface area contributed by atoms with Crippen LogP contribution >= 0.6 is 15.9 Å². The topological polar surface area (TPSA) is 46.3 Å². The van der Waals surface area contributed by atoms with Crippen molar-refractivity contribution in [3.05, 3.63) is 40.1 Å². The summed E-state index contributed by atoms with van der Waals surface area (Å²) in [5.74, 6) is 0.475. The van der Waals surface area contributed by atoms with Gasteiger partial charge in [-0.25, -0.2) is 0 Å². The summed E-state index contributed by atoms with van der Waals surface area (Å²) in [5.41, 5.74) is 2.85. The Kier molecular flexibility index (Phi) is 3.12. The van der Waals surface area contributed by atoms with Crippen molar-refractivity contribution >= 4 is 15.9 Å². The highest BCUT2D eigenvalue weighted by atomic mass is 79.9. The van der Waals surface area contributed by atoms with Gasteiger partial charge in [0.1, 0.15) is 11.8 Å². The summed E-state index contributed by atoms with van der Waals surface area (Å²) in [6.07, 6.45) is -0.634. The van der Waals surface area contributed by atoms with Gasteiger partial charge in [-0.15, -0.1) is 0 Å². The van der Waals surface area contributed by atoms with Gasteiger partial charge in [-0.3, -0.25) is 0 Å². The monoisotopic (exact) mass is 281 g/mol. The molecule has 3 nitrogen and oxygen atoms in total. The lowest BCUT2D eigenvalue weighted by atomic mass is 10.1. The van der Waals surface area contributed by atoms with E-state index in [9.17, 15) is 5.11 Å². The molecule has 1 unspecified atom stereocenters. The van der Waals surface area contributed by atoms with E-state index >= 15 is 0 Å². The summed E-state index contributed by atoms with van der Waals surface area (Å²) < 4.78 is 6.02. The first-order valence-electron chi connectivity index (χ1n) is 4.99. The summed E-state index contributed by atoms with van der Waals surface area (Å²) in [5, 5.41) is 13.3. The van der Waals surface area contributed by atoms with Crippen LogP contribution in [-0.4, -0.2) is 10.3 Å². The average molecular weight is 282 g/mol. The van der Waals surface area contributed by atoms with E-state index in [-0.39, 0.29) is 0 Å². The quantitative estimate of drug-likeness (QED) is 0.917. The Morgan fingerprint density at radius 1 is 1.38 bits per heavy atom. The molecule has 0 saturated heterocycles. The van der Waals surface area contributed by atoms with Crippen LogP contribution in [0.3, 0.4) is 0 Å². The molecule has 0 aliphatic carbocycles. The number of hydrogen-bond acceptors (Lipinski definition) is 3. The van der Waals surface area contributed by atoms with Crippen LogP contribution in [0.5, 0.6) is 0 Å². The van der Waals surface area contributed by atoms with Crippen molar-refractivity contribution in [2.75, 3.05) is 0 Å². The number of nitrogens with zero attached hydrogens (tertiary/aromatic N) is 1. The largest absolute Gasteiger partial charge is 0.385 e. The molecule has 1 aromatic heterocycles. The molecular formula is C12H12BrNO2. The summed E-state index contributed by atoms with van der Waals surface area (Å²) in [4.78, 5) is 0. The van der Waals surface area contributed by atoms with Crippen LogP contribution in [0.4, 0.5) is 0 Å². The highest BCUT2D eigenvalue weighted by Crippen LogP contribution is 2.29. The number of benzene rings is 1. The maximum Gasteiger partial charge on any atom is 0.165 e. The molecule has 0 amide bonds. The Hall–Kier alpha value is -1.13. The second-order valence-electron chi connectivity index (χ2n) is 3.77. The first-order valence-corrected chi connectivity index (χ1v) is 5.78. The lowest BCUT2D eigenvalue weighted by molar-refractivity contribution is 0.158. The fraction of sp³-hybridized carbons (Fsp3) is 0.250. The van der Waals surface area contributed by atoms with E-state index in [2.05, 4.69) is 21.1 Å². The molecule has 16 heavy (non-hydrogen) atoms. The third-order valence-corrected chi connectivity index (χ3v) is 3.03. The third-order valence-electron chi connectivity index (χ3n) is 2.34. The van der Waals surface area contributed by atoms with Crippen LogP contribution < -0.4 is 0 Å². The molecule has 0 fully saturated rings. The van der Waals surface area contributed by atoms with E-state index < -0.39 is 6.10 Å². The van der Waals surface area contributed by atoms with Crippen LogP contribution in [-0.2, 0) is 0 Å². The summed E-state index contributed by atoms with van der Waals surface area (Å²) in [7, 11) is 0. The SMILES string of the molecule is Cc1ccc(Br)c(-c2cc(C(C)O)on2)c1. The van der Waals surface area contributed by atoms with Crippen LogP contribution in [0.1, 0.15) is 24.4 Å². The molecule has 1 N–H and O–H groups in total. The summed E-state index contributed by atoms with van der Waals surface area (Å²) >= 11 is 3.47. The van der Waals surface area contributed by atoms with Crippen LogP contribution in [0, 0.1) is 6.92 Å². The summed E-state index contributed by atoms with van der Waals surface area (Å²) in [6, 6.07) is 7.77. The minimum absolute atomic E-state index is 0.475. The fourth-order valence-electron chi connectivity index (χ4n) is 1.45. The van der Waals surface area contributed by atoms with Crippen LogP contribution in [0.25, 0.3) is 11.3 Å². The molecule has 1 heterocycles. The van der Waals surface area contributed by atoms with E-state index in [1.54, 1.807) is 13.0 Å². The number of halogens is 1. The van der Waals surface area contributed by atoms with Gasteiger partial charge in [-0.05, 0) is 26.0 Å². The number of aromatic nitrogens is 1. The average Bonchev–Trinajstić information content (AvgIpc) is 2.70. The highest BCUT2D eigenvalue weighted by molar-refractivity contribution is 9.10. The second-order valence-corrected chi connectivity index (χ2v) is 4.63. The standard InChI is InChI=1S/C12H12BrNO2/c1-7-3-4-10(13)9(5-7)11-6-12(8(2)15)16-14-11/h3-6,8,15H,1-2H3. The van der Waals surface area contributed by atoms with Gasteiger partial charge in [0.15, 0.2) is 5.76 Å². The van der Waals surface area contributed by atoms with Crippen LogP contribution in [0.15, 0.2) is 33.3 Å².